The predicted molar refractivity (Wildman–Crippen MR) is 82.7 cm³/mol. The monoisotopic (exact) mass is 296 g/mol. The quantitative estimate of drug-likeness (QED) is 0.511. The van der Waals surface area contributed by atoms with Crippen molar-refractivity contribution >= 4 is 17.3 Å². The second-order valence-corrected chi connectivity index (χ2v) is 4.82. The standard InChI is InChI=1S/C16H13FN4O/c17-11-6-4-9(5-7-11)14-13(16(19)21-20-14)15(22)10-2-1-3-12(18)8-10/h1-8H,18H2,(H3,19,20,21). The first kappa shape index (κ1) is 13.8. The summed E-state index contributed by atoms with van der Waals surface area (Å²) < 4.78 is 13.0. The van der Waals surface area contributed by atoms with Crippen LogP contribution in [0, 0.1) is 5.82 Å². The molecule has 5 nitrogen and oxygen atoms in total. The number of hydrogen-bond acceptors (Lipinski definition) is 4. The molecule has 3 rings (SSSR count). The summed E-state index contributed by atoms with van der Waals surface area (Å²) >= 11 is 0. The van der Waals surface area contributed by atoms with Crippen molar-refractivity contribution in [3.05, 3.63) is 65.5 Å². The zero-order valence-corrected chi connectivity index (χ0v) is 11.5. The van der Waals surface area contributed by atoms with Crippen LogP contribution in [0.3, 0.4) is 0 Å². The number of nitrogens with one attached hydrogen (secondary N) is 1. The Balaban J connectivity index is 2.09. The van der Waals surface area contributed by atoms with E-state index in [1.54, 1.807) is 36.4 Å². The van der Waals surface area contributed by atoms with Crippen molar-refractivity contribution in [1.82, 2.24) is 10.2 Å². The molecule has 1 aromatic heterocycles. The minimum atomic E-state index is -0.361. The van der Waals surface area contributed by atoms with E-state index in [0.717, 1.165) is 0 Å². The van der Waals surface area contributed by atoms with Crippen LogP contribution in [-0.4, -0.2) is 16.0 Å². The average molecular weight is 296 g/mol. The predicted octanol–water partition coefficient (Wildman–Crippen LogP) is 2.61. The van der Waals surface area contributed by atoms with Crippen molar-refractivity contribution in [2.24, 2.45) is 0 Å². The molecule has 0 aliphatic carbocycles. The molecule has 3 aromatic rings. The minimum absolute atomic E-state index is 0.0896. The summed E-state index contributed by atoms with van der Waals surface area (Å²) in [5.41, 5.74) is 13.7. The van der Waals surface area contributed by atoms with Gasteiger partial charge in [-0.1, -0.05) is 12.1 Å². The lowest BCUT2D eigenvalue weighted by Crippen LogP contribution is -2.06. The van der Waals surface area contributed by atoms with Gasteiger partial charge in [0.15, 0.2) is 11.6 Å². The van der Waals surface area contributed by atoms with Gasteiger partial charge in [0.25, 0.3) is 0 Å². The maximum absolute atomic E-state index is 13.0. The average Bonchev–Trinajstić information content (AvgIpc) is 2.89. The summed E-state index contributed by atoms with van der Waals surface area (Å²) in [6.45, 7) is 0. The third-order valence-corrected chi connectivity index (χ3v) is 3.30. The first-order chi connectivity index (χ1) is 10.6. The topological polar surface area (TPSA) is 97.8 Å². The number of nitrogens with two attached hydrogens (primary N) is 2. The maximum atomic E-state index is 13.0. The number of benzene rings is 2. The van der Waals surface area contributed by atoms with Crippen LogP contribution in [0.15, 0.2) is 48.5 Å². The molecule has 1 heterocycles. The molecule has 110 valence electrons. The Hall–Kier alpha value is -3.15. The van der Waals surface area contributed by atoms with Crippen molar-refractivity contribution in [2.75, 3.05) is 11.5 Å². The second kappa shape index (κ2) is 5.33. The van der Waals surface area contributed by atoms with E-state index in [2.05, 4.69) is 10.2 Å². The van der Waals surface area contributed by atoms with Crippen molar-refractivity contribution in [3.8, 4) is 11.3 Å². The van der Waals surface area contributed by atoms with Crippen LogP contribution in [0.4, 0.5) is 15.9 Å². The smallest absolute Gasteiger partial charge is 0.199 e. The number of carbonyl (C=O) groups excluding carboxylic acids is 1. The Kier molecular flexibility index (Phi) is 3.34. The SMILES string of the molecule is Nc1cccc(C(=O)c2c(N)n[nH]c2-c2ccc(F)cc2)c1. The van der Waals surface area contributed by atoms with Gasteiger partial charge in [0.1, 0.15) is 5.82 Å². The van der Waals surface area contributed by atoms with Gasteiger partial charge in [-0.15, -0.1) is 0 Å². The van der Waals surface area contributed by atoms with Crippen LogP contribution in [0.5, 0.6) is 0 Å². The van der Waals surface area contributed by atoms with Gasteiger partial charge in [0.05, 0.1) is 11.3 Å². The van der Waals surface area contributed by atoms with E-state index in [1.165, 1.54) is 12.1 Å². The summed E-state index contributed by atoms with van der Waals surface area (Å²) in [7, 11) is 0. The largest absolute Gasteiger partial charge is 0.399 e. The van der Waals surface area contributed by atoms with Crippen LogP contribution in [0.25, 0.3) is 11.3 Å². The molecule has 0 aliphatic rings. The fraction of sp³-hybridized carbons (Fsp3) is 0. The number of aromatic amines is 1. The third kappa shape index (κ3) is 2.42. The number of aromatic nitrogens is 2. The van der Waals surface area contributed by atoms with Crippen molar-refractivity contribution in [2.45, 2.75) is 0 Å². The highest BCUT2D eigenvalue weighted by Gasteiger charge is 2.21. The zero-order valence-electron chi connectivity index (χ0n) is 11.5. The van der Waals surface area contributed by atoms with Crippen molar-refractivity contribution < 1.29 is 9.18 Å². The molecule has 0 amide bonds. The van der Waals surface area contributed by atoms with Gasteiger partial charge in [-0.2, -0.15) is 5.10 Å². The molecular weight excluding hydrogens is 283 g/mol. The Labute approximate surface area is 125 Å². The Morgan fingerprint density at radius 1 is 1.09 bits per heavy atom. The number of nitrogen functional groups attached to an aromatic ring is 2. The molecule has 0 unspecified atom stereocenters. The molecule has 6 heteroatoms. The van der Waals surface area contributed by atoms with E-state index in [1.807, 2.05) is 0 Å². The van der Waals surface area contributed by atoms with Gasteiger partial charge in [-0.3, -0.25) is 9.89 Å². The molecule has 0 saturated heterocycles. The van der Waals surface area contributed by atoms with Gasteiger partial charge in [-0.25, -0.2) is 4.39 Å². The summed E-state index contributed by atoms with van der Waals surface area (Å²) in [5.74, 6) is -0.565. The molecule has 0 aliphatic heterocycles. The molecule has 0 fully saturated rings. The molecule has 22 heavy (non-hydrogen) atoms. The molecule has 0 saturated carbocycles. The number of carbonyl (C=O) groups is 1. The number of ketones is 1. The molecule has 0 atom stereocenters. The lowest BCUT2D eigenvalue weighted by atomic mass is 9.99. The van der Waals surface area contributed by atoms with Gasteiger partial charge < -0.3 is 11.5 Å². The number of H-pyrrole nitrogens is 1. The van der Waals surface area contributed by atoms with E-state index >= 15 is 0 Å². The van der Waals surface area contributed by atoms with E-state index in [-0.39, 0.29) is 23.0 Å². The first-order valence-corrected chi connectivity index (χ1v) is 6.56. The van der Waals surface area contributed by atoms with Crippen LogP contribution in [0.1, 0.15) is 15.9 Å². The minimum Gasteiger partial charge on any atom is -0.399 e. The zero-order chi connectivity index (χ0) is 15.7. The highest BCUT2D eigenvalue weighted by molar-refractivity contribution is 6.15. The fourth-order valence-corrected chi connectivity index (χ4v) is 2.24. The number of hydrogen-bond donors (Lipinski definition) is 3. The number of nitrogens with zero attached hydrogens (tertiary/aromatic N) is 1. The fourth-order valence-electron chi connectivity index (χ4n) is 2.24. The van der Waals surface area contributed by atoms with Crippen LogP contribution < -0.4 is 11.5 Å². The van der Waals surface area contributed by atoms with E-state index < -0.39 is 0 Å². The Bertz CT molecular complexity index is 840. The lowest BCUT2D eigenvalue weighted by molar-refractivity contribution is 0.104. The third-order valence-electron chi connectivity index (χ3n) is 3.30. The van der Waals surface area contributed by atoms with Crippen LogP contribution in [0.2, 0.25) is 0 Å². The molecule has 0 radical (unpaired) electrons. The van der Waals surface area contributed by atoms with E-state index in [4.69, 9.17) is 11.5 Å². The summed E-state index contributed by atoms with van der Waals surface area (Å²) in [5, 5.41) is 6.62. The van der Waals surface area contributed by atoms with Gasteiger partial charge >= 0.3 is 0 Å². The molecule has 0 bridgehead atoms. The van der Waals surface area contributed by atoms with Gasteiger partial charge in [0.2, 0.25) is 0 Å². The van der Waals surface area contributed by atoms with Crippen molar-refractivity contribution in [3.63, 3.8) is 0 Å². The highest BCUT2D eigenvalue weighted by Crippen LogP contribution is 2.28. The molecule has 5 N–H and O–H groups in total. The Morgan fingerprint density at radius 3 is 2.50 bits per heavy atom. The van der Waals surface area contributed by atoms with Gasteiger partial charge in [0, 0.05) is 16.8 Å². The van der Waals surface area contributed by atoms with E-state index in [9.17, 15) is 9.18 Å². The number of halogens is 1. The second-order valence-electron chi connectivity index (χ2n) is 4.82. The summed E-state index contributed by atoms with van der Waals surface area (Å²) in [4.78, 5) is 12.7. The summed E-state index contributed by atoms with van der Waals surface area (Å²) in [6.07, 6.45) is 0. The van der Waals surface area contributed by atoms with E-state index in [0.29, 0.717) is 22.5 Å². The molecular formula is C16H13FN4O. The number of rotatable bonds is 3. The first-order valence-electron chi connectivity index (χ1n) is 6.56. The molecule has 0 spiro atoms. The maximum Gasteiger partial charge on any atom is 0.199 e. The van der Waals surface area contributed by atoms with Crippen LogP contribution in [-0.2, 0) is 0 Å². The van der Waals surface area contributed by atoms with Gasteiger partial charge in [-0.05, 0) is 36.4 Å². The Morgan fingerprint density at radius 2 is 1.82 bits per heavy atom. The normalized spacial score (nSPS) is 10.6. The lowest BCUT2D eigenvalue weighted by Gasteiger charge is -2.05. The molecule has 2 aromatic carbocycles. The van der Waals surface area contributed by atoms with Crippen molar-refractivity contribution in [1.29, 1.82) is 0 Å². The van der Waals surface area contributed by atoms with Crippen LogP contribution >= 0.6 is 0 Å². The summed E-state index contributed by atoms with van der Waals surface area (Å²) in [6, 6.07) is 12.3. The number of anilines is 2. The highest BCUT2D eigenvalue weighted by atomic mass is 19.1.